The van der Waals surface area contributed by atoms with Crippen LogP contribution in [0, 0.1) is 0 Å². The van der Waals surface area contributed by atoms with Crippen LogP contribution in [0.5, 0.6) is 0 Å². The lowest BCUT2D eigenvalue weighted by atomic mass is 10.0. The molecule has 11 heavy (non-hydrogen) atoms. The van der Waals surface area contributed by atoms with E-state index in [4.69, 9.17) is 5.73 Å². The lowest BCUT2D eigenvalue weighted by Gasteiger charge is -2.25. The Morgan fingerprint density at radius 1 is 1.18 bits per heavy atom. The van der Waals surface area contributed by atoms with Crippen molar-refractivity contribution in [1.82, 2.24) is 5.32 Å². The summed E-state index contributed by atoms with van der Waals surface area (Å²) in [5, 5.41) is 12.8. The van der Waals surface area contributed by atoms with E-state index in [0.29, 0.717) is 5.70 Å². The fourth-order valence-electron chi connectivity index (χ4n) is 1.54. The van der Waals surface area contributed by atoms with Gasteiger partial charge in [0.25, 0.3) is 0 Å². The summed E-state index contributed by atoms with van der Waals surface area (Å²) in [6.45, 7) is 7.72. The third-order valence-corrected chi connectivity index (χ3v) is 2.15. The van der Waals surface area contributed by atoms with Crippen molar-refractivity contribution in [3.63, 3.8) is 0 Å². The van der Waals surface area contributed by atoms with E-state index in [9.17, 15) is 5.11 Å². The van der Waals surface area contributed by atoms with Crippen LogP contribution in [0.25, 0.3) is 0 Å². The van der Waals surface area contributed by atoms with E-state index in [2.05, 4.69) is 5.32 Å². The van der Waals surface area contributed by atoms with Gasteiger partial charge in [-0.1, -0.05) is 0 Å². The molecule has 4 N–H and O–H groups in total. The fraction of sp³-hybridized carbons (Fsp3) is 0.750. The third-order valence-electron chi connectivity index (χ3n) is 2.15. The van der Waals surface area contributed by atoms with E-state index in [1.807, 2.05) is 27.7 Å². The Morgan fingerprint density at radius 2 is 1.64 bits per heavy atom. The van der Waals surface area contributed by atoms with Gasteiger partial charge in [0.1, 0.15) is 5.76 Å². The summed E-state index contributed by atoms with van der Waals surface area (Å²) in [5.74, 6) is 0.266. The van der Waals surface area contributed by atoms with Crippen LogP contribution in [0.3, 0.4) is 0 Å². The molecule has 0 aliphatic carbocycles. The molecule has 0 saturated heterocycles. The first-order chi connectivity index (χ1) is 4.77. The fourth-order valence-corrected chi connectivity index (χ4v) is 1.54. The van der Waals surface area contributed by atoms with Gasteiger partial charge in [0.15, 0.2) is 0 Å². The van der Waals surface area contributed by atoms with Gasteiger partial charge in [0, 0.05) is 0 Å². The number of hydrogen-bond acceptors (Lipinski definition) is 3. The minimum absolute atomic E-state index is 0.266. The molecule has 3 nitrogen and oxygen atoms in total. The quantitative estimate of drug-likeness (QED) is 0.488. The van der Waals surface area contributed by atoms with Gasteiger partial charge in [-0.05, 0) is 27.7 Å². The highest BCUT2D eigenvalue weighted by atomic mass is 16.3. The Morgan fingerprint density at radius 3 is 1.73 bits per heavy atom. The van der Waals surface area contributed by atoms with Crippen molar-refractivity contribution in [1.29, 1.82) is 0 Å². The summed E-state index contributed by atoms with van der Waals surface area (Å²) in [4.78, 5) is 0. The van der Waals surface area contributed by atoms with Crippen molar-refractivity contribution >= 4 is 0 Å². The van der Waals surface area contributed by atoms with Crippen LogP contribution in [-0.4, -0.2) is 16.2 Å². The topological polar surface area (TPSA) is 58.3 Å². The first-order valence-corrected chi connectivity index (χ1v) is 3.76. The average Bonchev–Trinajstić information content (AvgIpc) is 1.91. The Hall–Kier alpha value is -0.700. The maximum Gasteiger partial charge on any atom is 0.132 e. The Balaban J connectivity index is 3.09. The van der Waals surface area contributed by atoms with Gasteiger partial charge in [-0.2, -0.15) is 0 Å². The highest BCUT2D eigenvalue weighted by Gasteiger charge is 2.42. The predicted octanol–water partition coefficient (Wildman–Crippen LogP) is 0.875. The molecule has 0 aromatic heterocycles. The molecule has 0 amide bonds. The van der Waals surface area contributed by atoms with Crippen molar-refractivity contribution in [3.05, 3.63) is 11.5 Å². The normalized spacial score (nSPS) is 27.6. The van der Waals surface area contributed by atoms with Gasteiger partial charge < -0.3 is 10.8 Å². The zero-order chi connectivity index (χ0) is 8.86. The highest BCUT2D eigenvalue weighted by molar-refractivity contribution is 5.32. The number of aliphatic hydroxyl groups is 1. The zero-order valence-corrected chi connectivity index (χ0v) is 7.52. The van der Waals surface area contributed by atoms with Crippen LogP contribution in [-0.2, 0) is 0 Å². The molecule has 1 heterocycles. The molecule has 64 valence electrons. The first-order valence-electron chi connectivity index (χ1n) is 3.76. The predicted molar refractivity (Wildman–Crippen MR) is 45.1 cm³/mol. The molecule has 1 aliphatic heterocycles. The number of nitrogens with two attached hydrogens (primary N) is 1. The lowest BCUT2D eigenvalue weighted by Crippen LogP contribution is -2.47. The van der Waals surface area contributed by atoms with Gasteiger partial charge in [0.05, 0.1) is 16.8 Å². The Bertz CT molecular complexity index is 194. The average molecular weight is 156 g/mol. The van der Waals surface area contributed by atoms with Crippen molar-refractivity contribution in [2.75, 3.05) is 0 Å². The smallest absolute Gasteiger partial charge is 0.132 e. The molecule has 0 aromatic rings. The molecule has 0 radical (unpaired) electrons. The molecule has 0 unspecified atom stereocenters. The molecule has 0 saturated carbocycles. The van der Waals surface area contributed by atoms with Crippen LogP contribution in [0.15, 0.2) is 11.5 Å². The Kier molecular flexibility index (Phi) is 1.46. The van der Waals surface area contributed by atoms with Crippen molar-refractivity contribution in [2.24, 2.45) is 5.73 Å². The Labute approximate surface area is 67.3 Å². The van der Waals surface area contributed by atoms with Gasteiger partial charge in [-0.25, -0.2) is 0 Å². The van der Waals surface area contributed by atoms with Gasteiger partial charge in [0.2, 0.25) is 0 Å². The molecule has 1 rings (SSSR count). The highest BCUT2D eigenvalue weighted by Crippen LogP contribution is 2.31. The first kappa shape index (κ1) is 8.40. The molecule has 0 fully saturated rings. The monoisotopic (exact) mass is 156 g/mol. The van der Waals surface area contributed by atoms with Gasteiger partial charge >= 0.3 is 0 Å². The summed E-state index contributed by atoms with van der Waals surface area (Å²) in [6.07, 6.45) is 0. The number of nitrogens with one attached hydrogen (secondary N) is 1. The second-order valence-corrected chi connectivity index (χ2v) is 4.14. The number of rotatable bonds is 0. The van der Waals surface area contributed by atoms with E-state index < -0.39 is 0 Å². The van der Waals surface area contributed by atoms with Crippen LogP contribution in [0.2, 0.25) is 0 Å². The molecule has 0 spiro atoms. The van der Waals surface area contributed by atoms with E-state index in [-0.39, 0.29) is 16.8 Å². The molecule has 0 atom stereocenters. The minimum Gasteiger partial charge on any atom is -0.508 e. The van der Waals surface area contributed by atoms with Crippen molar-refractivity contribution < 1.29 is 5.11 Å². The van der Waals surface area contributed by atoms with Crippen LogP contribution >= 0.6 is 0 Å². The molecule has 3 heteroatoms. The van der Waals surface area contributed by atoms with E-state index in [0.717, 1.165) is 0 Å². The largest absolute Gasteiger partial charge is 0.508 e. The molecule has 1 aliphatic rings. The zero-order valence-electron chi connectivity index (χ0n) is 7.52. The summed E-state index contributed by atoms with van der Waals surface area (Å²) in [5.41, 5.74) is 5.58. The summed E-state index contributed by atoms with van der Waals surface area (Å²) < 4.78 is 0. The van der Waals surface area contributed by atoms with E-state index in [1.54, 1.807) is 0 Å². The third kappa shape index (κ3) is 1.09. The molecule has 0 aromatic carbocycles. The SMILES string of the molecule is CC1(C)NC(C)(C)C(O)=C1N. The molecule has 0 bridgehead atoms. The minimum atomic E-state index is -0.381. The van der Waals surface area contributed by atoms with Crippen LogP contribution in [0.1, 0.15) is 27.7 Å². The lowest BCUT2D eigenvalue weighted by molar-refractivity contribution is 0.288. The van der Waals surface area contributed by atoms with Crippen molar-refractivity contribution in [3.8, 4) is 0 Å². The second-order valence-electron chi connectivity index (χ2n) is 4.14. The van der Waals surface area contributed by atoms with Gasteiger partial charge in [-0.15, -0.1) is 0 Å². The summed E-state index contributed by atoms with van der Waals surface area (Å²) >= 11 is 0. The summed E-state index contributed by atoms with van der Waals surface area (Å²) in [7, 11) is 0. The van der Waals surface area contributed by atoms with E-state index in [1.165, 1.54) is 0 Å². The summed E-state index contributed by atoms with van der Waals surface area (Å²) in [6, 6.07) is 0. The number of aliphatic hydroxyl groups excluding tert-OH is 1. The maximum atomic E-state index is 9.55. The van der Waals surface area contributed by atoms with Gasteiger partial charge in [-0.3, -0.25) is 5.32 Å². The maximum absolute atomic E-state index is 9.55. The second kappa shape index (κ2) is 1.91. The molecular weight excluding hydrogens is 140 g/mol. The standard InChI is InChI=1S/C8H16N2O/c1-7(2)5(9)6(11)8(3,4)10-7/h10-11H,9H2,1-4H3. The van der Waals surface area contributed by atoms with E-state index >= 15 is 0 Å². The van der Waals surface area contributed by atoms with Crippen LogP contribution < -0.4 is 11.1 Å². The van der Waals surface area contributed by atoms with Crippen LogP contribution in [0.4, 0.5) is 0 Å². The molecular formula is C8H16N2O. The van der Waals surface area contributed by atoms with Crippen molar-refractivity contribution in [2.45, 2.75) is 38.8 Å². The number of hydrogen-bond donors (Lipinski definition) is 3.